The molecule has 16 aromatic carbocycles. The molecule has 0 N–H and O–H groups in total. The monoisotopic (exact) mass is 1730 g/mol. The van der Waals surface area contributed by atoms with Crippen molar-refractivity contribution >= 4 is 222 Å². The van der Waals surface area contributed by atoms with E-state index < -0.39 is 7.12 Å². The van der Waals surface area contributed by atoms with E-state index in [2.05, 4.69) is 384 Å². The Morgan fingerprint density at radius 1 is 0.209 bits per heavy atom. The zero-order valence-electron chi connectivity index (χ0n) is 75.5. The maximum Gasteiger partial charge on any atom is 0.496 e. The zero-order valence-corrected chi connectivity index (χ0v) is 77.1. The topological polar surface area (TPSA) is 113 Å². The molecule has 0 atom stereocenters. The van der Waals surface area contributed by atoms with E-state index in [1.54, 1.807) is 0 Å². The van der Waals surface area contributed by atoms with Gasteiger partial charge in [-0.15, -0.1) is 22.7 Å². The number of rotatable bonds is 7. The molecule has 9 heterocycles. The first kappa shape index (κ1) is 83.0. The Balaban J connectivity index is 0.000000102. The Morgan fingerprint density at radius 2 is 0.589 bits per heavy atom. The average Bonchev–Trinajstić information content (AvgIpc) is 1.62. The fourth-order valence-electron chi connectivity index (χ4n) is 18.9. The molecule has 0 saturated carbocycles. The first-order valence-electron chi connectivity index (χ1n) is 44.8. The van der Waals surface area contributed by atoms with E-state index in [0.29, 0.717) is 0 Å². The molecule has 636 valence electrons. The SMILES string of the molecule is CC1(C)OB(c2cccc(-c3cccc4ccc5c6ccccc6oc5c34)c2)OC1(C)C.CC1(C)OB(c2cccc3c2sc2ccc(-c4cccc5oc6c7ccccc7ccc6c45)cc23)OC1(C)C.CC1(C)OB(c2cccc3ccc4c5ccccc5sc4c23)OC1(C)C.CC1(C)OB(c2ccccc2-c2ccc3ccc4c5ccccc5oc4c3c2)OC1(C)C. The van der Waals surface area contributed by atoms with Gasteiger partial charge >= 0.3 is 28.5 Å². The van der Waals surface area contributed by atoms with Crippen LogP contribution in [-0.2, 0) is 37.2 Å². The fraction of sp³-hybridized carbons (Fsp3) is 0.214. The van der Waals surface area contributed by atoms with Crippen molar-refractivity contribution in [2.75, 3.05) is 0 Å². The predicted molar refractivity (Wildman–Crippen MR) is 543 cm³/mol. The highest BCUT2D eigenvalue weighted by Crippen LogP contribution is 2.49. The third-order valence-electron chi connectivity index (χ3n) is 28.9. The molecule has 0 radical (unpaired) electrons. The van der Waals surface area contributed by atoms with Crippen molar-refractivity contribution in [2.24, 2.45) is 0 Å². The summed E-state index contributed by atoms with van der Waals surface area (Å²) in [7, 11) is -1.53. The number of thiophene rings is 2. The molecular weight excluding hydrogens is 1630 g/mol. The van der Waals surface area contributed by atoms with Crippen LogP contribution in [0.3, 0.4) is 0 Å². The van der Waals surface area contributed by atoms with Gasteiger partial charge in [0.2, 0.25) is 0 Å². The highest BCUT2D eigenvalue weighted by atomic mass is 32.1. The number of hydrogen-bond donors (Lipinski definition) is 0. The number of hydrogen-bond acceptors (Lipinski definition) is 13. The van der Waals surface area contributed by atoms with E-state index in [1.165, 1.54) is 67.6 Å². The first-order valence-corrected chi connectivity index (χ1v) is 46.4. The smallest absolute Gasteiger partial charge is 0.455 e. The van der Waals surface area contributed by atoms with Crippen molar-refractivity contribution < 1.29 is 50.5 Å². The van der Waals surface area contributed by atoms with Gasteiger partial charge in [-0.25, -0.2) is 0 Å². The van der Waals surface area contributed by atoms with Crippen LogP contribution in [0.2, 0.25) is 0 Å². The number of fused-ring (bicyclic) bond motifs is 23. The molecule has 11 nitrogen and oxygen atoms in total. The van der Waals surface area contributed by atoms with Crippen LogP contribution in [0.15, 0.2) is 317 Å². The van der Waals surface area contributed by atoms with Crippen LogP contribution in [0.4, 0.5) is 0 Å². The van der Waals surface area contributed by atoms with Crippen LogP contribution in [0, 0.1) is 0 Å². The summed E-state index contributed by atoms with van der Waals surface area (Å²) in [5.41, 5.74) is 13.8. The van der Waals surface area contributed by atoms with Gasteiger partial charge < -0.3 is 50.5 Å². The van der Waals surface area contributed by atoms with Gasteiger partial charge in [-0.2, -0.15) is 0 Å². The molecule has 129 heavy (non-hydrogen) atoms. The van der Waals surface area contributed by atoms with Gasteiger partial charge in [0, 0.05) is 88.9 Å². The third-order valence-corrected chi connectivity index (χ3v) is 31.3. The summed E-state index contributed by atoms with van der Waals surface area (Å²) in [6.07, 6.45) is 0. The lowest BCUT2D eigenvalue weighted by molar-refractivity contribution is 0.00578. The van der Waals surface area contributed by atoms with Gasteiger partial charge in [-0.05, 0) is 254 Å². The minimum Gasteiger partial charge on any atom is -0.455 e. The first-order chi connectivity index (χ1) is 61.9. The van der Waals surface area contributed by atoms with E-state index in [-0.39, 0.29) is 66.2 Å². The molecular formula is C112H98B4O11S2. The Morgan fingerprint density at radius 3 is 1.26 bits per heavy atom. The van der Waals surface area contributed by atoms with Crippen molar-refractivity contribution in [3.63, 3.8) is 0 Å². The van der Waals surface area contributed by atoms with Crippen molar-refractivity contribution in [1.82, 2.24) is 0 Å². The van der Waals surface area contributed by atoms with Crippen LogP contribution in [0.25, 0.3) is 183 Å². The predicted octanol–water partition coefficient (Wildman–Crippen LogP) is 28.0. The zero-order chi connectivity index (χ0) is 88.8. The van der Waals surface area contributed by atoms with Gasteiger partial charge in [-0.1, -0.05) is 243 Å². The van der Waals surface area contributed by atoms with E-state index >= 15 is 0 Å². The summed E-state index contributed by atoms with van der Waals surface area (Å²) in [6.45, 7) is 33.5. The molecule has 4 saturated heterocycles. The van der Waals surface area contributed by atoms with Gasteiger partial charge in [0.1, 0.15) is 33.5 Å². The summed E-state index contributed by atoms with van der Waals surface area (Å²) in [5, 5.41) is 21.4. The standard InChI is InChI=1S/C34H27BO3S.2C28H25BO3.C22H21BO2S/c1-33(2)34(3,4)38-35(37-33)27-13-7-12-24-26-19-21(16-18-29(26)39-32(24)27)22-11-8-14-28-30(22)25-17-15-20-9-5-6-10-23(20)31(25)36-28;1-27(2)28(3,4)32-29(31-27)24-11-7-5-9-20(24)19-14-13-18-15-16-22-21-10-6-8-12-25(21)30-26(22)23(18)17-19;1-27(2)28(3,4)32-29(31-27)20-11-7-10-19(17-20)21-13-8-9-18-15-16-23-22-12-5-6-14-24(22)30-26(23)25(18)21;1-21(2)22(3,4)25-23(24-21)17-10-7-8-14-12-13-16-15-9-5-6-11-18(15)26-20(16)19(14)17/h5-19H,1-4H3;2*5-17H,1-4H3;5-13H,1-4H3. The van der Waals surface area contributed by atoms with Crippen LogP contribution >= 0.6 is 22.7 Å². The lowest BCUT2D eigenvalue weighted by Gasteiger charge is -2.32. The second-order valence-corrected chi connectivity index (χ2v) is 41.1. The molecule has 0 amide bonds. The molecule has 4 aliphatic rings. The lowest BCUT2D eigenvalue weighted by atomic mass is 9.74. The molecule has 4 fully saturated rings. The number of benzene rings is 16. The third kappa shape index (κ3) is 13.9. The molecule has 5 aromatic heterocycles. The van der Waals surface area contributed by atoms with Crippen LogP contribution in [0.1, 0.15) is 111 Å². The number of para-hydroxylation sites is 2. The second kappa shape index (κ2) is 30.5. The molecule has 4 aliphatic heterocycles. The molecule has 17 heteroatoms. The van der Waals surface area contributed by atoms with E-state index in [0.717, 1.165) is 137 Å². The largest absolute Gasteiger partial charge is 0.496 e. The normalized spacial score (nSPS) is 17.6. The second-order valence-electron chi connectivity index (χ2n) is 39.0. The quantitative estimate of drug-likeness (QED) is 0.142. The lowest BCUT2D eigenvalue weighted by Crippen LogP contribution is -2.41. The van der Waals surface area contributed by atoms with E-state index in [4.69, 9.17) is 50.5 Å². The fourth-order valence-corrected chi connectivity index (χ4v) is 21.4. The van der Waals surface area contributed by atoms with Gasteiger partial charge in [-0.3, -0.25) is 0 Å². The molecule has 0 spiro atoms. The molecule has 0 unspecified atom stereocenters. The van der Waals surface area contributed by atoms with Crippen molar-refractivity contribution in [3.05, 3.63) is 303 Å². The van der Waals surface area contributed by atoms with E-state index in [9.17, 15) is 0 Å². The Bertz CT molecular complexity index is 8060. The summed E-state index contributed by atoms with van der Waals surface area (Å²) in [5.74, 6) is 0. The summed E-state index contributed by atoms with van der Waals surface area (Å²) < 4.78 is 75.1. The average molecular weight is 1730 g/mol. The molecule has 0 bridgehead atoms. The summed E-state index contributed by atoms with van der Waals surface area (Å²) in [6, 6.07) is 107. The number of furan rings is 3. The van der Waals surface area contributed by atoms with Gasteiger partial charge in [0.25, 0.3) is 0 Å². The highest BCUT2D eigenvalue weighted by molar-refractivity contribution is 7.27. The van der Waals surface area contributed by atoms with Crippen molar-refractivity contribution in [1.29, 1.82) is 0 Å². The summed E-state index contributed by atoms with van der Waals surface area (Å²) in [4.78, 5) is 0. The summed E-state index contributed by atoms with van der Waals surface area (Å²) >= 11 is 3.66. The minimum absolute atomic E-state index is 0.339. The van der Waals surface area contributed by atoms with Crippen LogP contribution < -0.4 is 21.9 Å². The van der Waals surface area contributed by atoms with Crippen LogP contribution in [-0.4, -0.2) is 73.3 Å². The van der Waals surface area contributed by atoms with Crippen molar-refractivity contribution in [2.45, 2.75) is 156 Å². The molecule has 21 aromatic rings. The maximum atomic E-state index is 6.45. The van der Waals surface area contributed by atoms with Gasteiger partial charge in [0.05, 0.1) is 44.8 Å². The Hall–Kier alpha value is -11.7. The minimum atomic E-state index is -0.408. The highest BCUT2D eigenvalue weighted by Gasteiger charge is 2.56. The van der Waals surface area contributed by atoms with Gasteiger partial charge in [0.15, 0.2) is 0 Å². The Kier molecular flexibility index (Phi) is 19.6. The van der Waals surface area contributed by atoms with Crippen LogP contribution in [0.5, 0.6) is 0 Å². The van der Waals surface area contributed by atoms with E-state index in [1.807, 2.05) is 53.0 Å². The maximum absolute atomic E-state index is 6.45. The van der Waals surface area contributed by atoms with Crippen molar-refractivity contribution in [3.8, 4) is 33.4 Å². The Labute approximate surface area is 759 Å². The molecule has 0 aliphatic carbocycles. The molecule has 25 rings (SSSR count).